The second-order valence-electron chi connectivity index (χ2n) is 8.44. The highest BCUT2D eigenvalue weighted by Gasteiger charge is 2.23. The monoisotopic (exact) mass is 720 g/mol. The largest absolute Gasteiger partial charge is 0.488 e. The van der Waals surface area contributed by atoms with E-state index >= 15 is 0 Å². The van der Waals surface area contributed by atoms with E-state index in [0.29, 0.717) is 47.5 Å². The zero-order valence-corrected chi connectivity index (χ0v) is 25.5. The smallest absolute Gasteiger partial charge is 0.308 e. The van der Waals surface area contributed by atoms with Gasteiger partial charge in [-0.25, -0.2) is 0 Å². The Morgan fingerprint density at radius 1 is 1.03 bits per heavy atom. The molecule has 0 heterocycles. The number of alkyl halides is 2. The van der Waals surface area contributed by atoms with Gasteiger partial charge in [-0.2, -0.15) is 0 Å². The zero-order chi connectivity index (χ0) is 25.5. The van der Waals surface area contributed by atoms with E-state index in [-0.39, 0.29) is 6.10 Å². The third-order valence-electron chi connectivity index (χ3n) is 5.75. The van der Waals surface area contributed by atoms with Gasteiger partial charge in [0.15, 0.2) is 11.5 Å². The zero-order valence-electron chi connectivity index (χ0n) is 20.4. The number of carbonyl (C=O) groups is 1. The van der Waals surface area contributed by atoms with Crippen LogP contribution in [0.5, 0.6) is 17.2 Å². The Morgan fingerprint density at radius 2 is 1.74 bits per heavy atom. The van der Waals surface area contributed by atoms with Gasteiger partial charge in [-0.3, -0.25) is 4.79 Å². The molecule has 0 aromatic heterocycles. The number of esters is 1. The first-order valence-electron chi connectivity index (χ1n) is 11.8. The molecule has 7 heteroatoms. The van der Waals surface area contributed by atoms with E-state index in [1.54, 1.807) is 6.07 Å². The molecule has 3 aromatic carbocycles. The summed E-state index contributed by atoms with van der Waals surface area (Å²) in [5.74, 6) is 1.01. The van der Waals surface area contributed by atoms with Crippen LogP contribution in [0.4, 0.5) is 0 Å². The average Bonchev–Trinajstić information content (AvgIpc) is 2.84. The second kappa shape index (κ2) is 13.3. The molecule has 3 atom stereocenters. The molecule has 0 saturated heterocycles. The summed E-state index contributed by atoms with van der Waals surface area (Å²) in [7, 11) is 0. The fraction of sp³-hybridized carbons (Fsp3) is 0.393. The molecule has 0 radical (unpaired) electrons. The van der Waals surface area contributed by atoms with E-state index in [4.69, 9.17) is 25.8 Å². The molecule has 0 bridgehead atoms. The van der Waals surface area contributed by atoms with Crippen LogP contribution in [0.2, 0.25) is 5.02 Å². The lowest BCUT2D eigenvalue weighted by Crippen LogP contribution is -2.22. The molecule has 0 saturated carbocycles. The van der Waals surface area contributed by atoms with Gasteiger partial charge in [0.1, 0.15) is 18.5 Å². The van der Waals surface area contributed by atoms with Gasteiger partial charge >= 0.3 is 5.97 Å². The lowest BCUT2D eigenvalue weighted by atomic mass is 10.1. The van der Waals surface area contributed by atoms with Crippen LogP contribution in [0.1, 0.15) is 57.8 Å². The second-order valence-corrected chi connectivity index (χ2v) is 12.1. The Hall–Kier alpha value is -1.26. The van der Waals surface area contributed by atoms with Crippen molar-refractivity contribution in [3.63, 3.8) is 0 Å². The van der Waals surface area contributed by atoms with E-state index in [1.807, 2.05) is 25.1 Å². The molecule has 3 rings (SSSR count). The third kappa shape index (κ3) is 7.38. The fourth-order valence-corrected chi connectivity index (χ4v) is 5.45. The molecule has 0 N–H and O–H groups in total. The van der Waals surface area contributed by atoms with Crippen molar-refractivity contribution in [2.24, 2.45) is 0 Å². The summed E-state index contributed by atoms with van der Waals surface area (Å²) < 4.78 is 19.1. The molecule has 0 fully saturated rings. The number of fused-ring (bicyclic) bond motifs is 1. The quantitative estimate of drug-likeness (QED) is 0.0860. The molecule has 3 unspecified atom stereocenters. The molecular weight excluding hydrogens is 690 g/mol. The molecule has 3 aromatic rings. The van der Waals surface area contributed by atoms with Gasteiger partial charge in [0.2, 0.25) is 0 Å². The van der Waals surface area contributed by atoms with Gasteiger partial charge < -0.3 is 14.2 Å². The number of aryl methyl sites for hydroxylation is 1. The highest BCUT2D eigenvalue weighted by molar-refractivity contribution is 14.1. The third-order valence-corrected chi connectivity index (χ3v) is 10.2. The number of carbonyl (C=O) groups excluding carboxylic acids is 1. The van der Waals surface area contributed by atoms with Crippen LogP contribution in [-0.4, -0.2) is 20.4 Å². The van der Waals surface area contributed by atoms with Crippen molar-refractivity contribution in [1.82, 2.24) is 0 Å². The van der Waals surface area contributed by atoms with Gasteiger partial charge in [0.25, 0.3) is 0 Å². The number of ether oxygens (including phenoxy) is 3. The fourth-order valence-electron chi connectivity index (χ4n) is 3.82. The van der Waals surface area contributed by atoms with E-state index in [0.717, 1.165) is 24.8 Å². The average molecular weight is 721 g/mol. The lowest BCUT2D eigenvalue weighted by Gasteiger charge is -2.22. The molecule has 0 aliphatic rings. The topological polar surface area (TPSA) is 44.8 Å². The number of halogens is 3. The number of rotatable bonds is 11. The van der Waals surface area contributed by atoms with Crippen molar-refractivity contribution in [3.05, 3.63) is 64.7 Å². The maximum atomic E-state index is 12.0. The van der Waals surface area contributed by atoms with Gasteiger partial charge in [0, 0.05) is 27.7 Å². The molecule has 0 amide bonds. The van der Waals surface area contributed by atoms with E-state index in [1.165, 1.54) is 12.5 Å². The summed E-state index contributed by atoms with van der Waals surface area (Å²) in [5.41, 5.74) is 2.34. The van der Waals surface area contributed by atoms with Crippen LogP contribution in [0.3, 0.4) is 0 Å². The Morgan fingerprint density at radius 3 is 2.37 bits per heavy atom. The summed E-state index contributed by atoms with van der Waals surface area (Å²) in [6.45, 7) is 8.20. The van der Waals surface area contributed by atoms with Crippen LogP contribution >= 0.6 is 56.8 Å². The van der Waals surface area contributed by atoms with Crippen molar-refractivity contribution in [1.29, 1.82) is 0 Å². The summed E-state index contributed by atoms with van der Waals surface area (Å²) in [5, 5.41) is 1.89. The van der Waals surface area contributed by atoms with Crippen molar-refractivity contribution in [2.75, 3.05) is 6.61 Å². The van der Waals surface area contributed by atoms with Gasteiger partial charge in [-0.05, 0) is 37.0 Å². The molecule has 0 spiro atoms. The normalized spacial score (nSPS) is 13.8. The van der Waals surface area contributed by atoms with Gasteiger partial charge in [-0.1, -0.05) is 113 Å². The molecule has 188 valence electrons. The van der Waals surface area contributed by atoms with E-state index in [2.05, 4.69) is 83.3 Å². The molecule has 35 heavy (non-hydrogen) atoms. The van der Waals surface area contributed by atoms with Crippen LogP contribution in [0.25, 0.3) is 10.8 Å². The predicted molar refractivity (Wildman–Crippen MR) is 161 cm³/mol. The predicted octanol–water partition coefficient (Wildman–Crippen LogP) is 8.91. The van der Waals surface area contributed by atoms with Crippen LogP contribution < -0.4 is 14.2 Å². The highest BCUT2D eigenvalue weighted by Crippen LogP contribution is 2.46. The Bertz CT molecular complexity index is 1150. The first kappa shape index (κ1) is 28.3. The Kier molecular flexibility index (Phi) is 10.8. The molecule has 0 aliphatic heterocycles. The minimum absolute atomic E-state index is 0.214. The maximum absolute atomic E-state index is 12.0. The summed E-state index contributed by atoms with van der Waals surface area (Å²) in [6.07, 6.45) is 3.01. The summed E-state index contributed by atoms with van der Waals surface area (Å²) in [6, 6.07) is 15.7. The Labute approximate surface area is 240 Å². The van der Waals surface area contributed by atoms with Gasteiger partial charge in [0.05, 0.1) is 8.95 Å². The van der Waals surface area contributed by atoms with E-state index in [9.17, 15) is 4.79 Å². The standard InChI is InChI=1S/C28H31ClI2O4/c1-5-8-23(30)24(31)16-33-26-15-25(34-17(3)20-13-11-19(6-2)12-14-20)27-21(9-7-10-22(27)29)28(26)35-18(4)32/h7,9-15,17,23-24H,5-6,8,16H2,1-4H3. The van der Waals surface area contributed by atoms with Crippen LogP contribution in [0, 0.1) is 0 Å². The molecule has 0 aliphatic carbocycles. The number of hydrogen-bond acceptors (Lipinski definition) is 4. The summed E-state index contributed by atoms with van der Waals surface area (Å²) in [4.78, 5) is 12.0. The first-order valence-corrected chi connectivity index (χ1v) is 14.7. The summed E-state index contributed by atoms with van der Waals surface area (Å²) >= 11 is 11.5. The molecular formula is C28H31ClI2O4. The van der Waals surface area contributed by atoms with Crippen LogP contribution in [0.15, 0.2) is 48.5 Å². The SMILES string of the molecule is CCCC(I)C(I)COc1cc(OC(C)c2ccc(CC)cc2)c2c(Cl)cccc2c1OC(C)=O. The maximum Gasteiger partial charge on any atom is 0.308 e. The van der Waals surface area contributed by atoms with Crippen LogP contribution in [-0.2, 0) is 11.2 Å². The minimum Gasteiger partial charge on any atom is -0.488 e. The van der Waals surface area contributed by atoms with Crippen molar-refractivity contribution < 1.29 is 19.0 Å². The highest BCUT2D eigenvalue weighted by atomic mass is 127. The van der Waals surface area contributed by atoms with Crippen molar-refractivity contribution in [2.45, 2.75) is 60.9 Å². The molecule has 4 nitrogen and oxygen atoms in total. The van der Waals surface area contributed by atoms with E-state index < -0.39 is 5.97 Å². The lowest BCUT2D eigenvalue weighted by molar-refractivity contribution is -0.131. The Balaban J connectivity index is 2.03. The number of hydrogen-bond donors (Lipinski definition) is 0. The number of benzene rings is 3. The van der Waals surface area contributed by atoms with Crippen molar-refractivity contribution >= 4 is 73.5 Å². The van der Waals surface area contributed by atoms with Crippen molar-refractivity contribution in [3.8, 4) is 17.2 Å². The van der Waals surface area contributed by atoms with Gasteiger partial charge in [-0.15, -0.1) is 0 Å². The minimum atomic E-state index is -0.419. The first-order chi connectivity index (χ1) is 16.7.